The summed E-state index contributed by atoms with van der Waals surface area (Å²) in [7, 11) is 0. The van der Waals surface area contributed by atoms with Crippen LogP contribution in [0.3, 0.4) is 0 Å². The van der Waals surface area contributed by atoms with E-state index in [1.54, 1.807) is 0 Å². The third kappa shape index (κ3) is 6.59. The van der Waals surface area contributed by atoms with Gasteiger partial charge in [0.25, 0.3) is 0 Å². The van der Waals surface area contributed by atoms with Crippen molar-refractivity contribution in [2.24, 2.45) is 0 Å². The molecule has 0 bridgehead atoms. The highest BCUT2D eigenvalue weighted by molar-refractivity contribution is 5.71. The molecule has 1 amide bonds. The molecule has 3 aromatic rings. The average molecular weight is 444 g/mol. The van der Waals surface area contributed by atoms with Crippen LogP contribution < -0.4 is 15.0 Å². The van der Waals surface area contributed by atoms with Crippen LogP contribution in [0.5, 0.6) is 5.75 Å². The van der Waals surface area contributed by atoms with Crippen molar-refractivity contribution in [1.82, 2.24) is 10.2 Å². The van der Waals surface area contributed by atoms with E-state index in [1.165, 1.54) is 11.3 Å². The Bertz CT molecular complexity index is 1010. The Labute approximate surface area is 197 Å². The quantitative estimate of drug-likeness (QED) is 0.477. The summed E-state index contributed by atoms with van der Waals surface area (Å²) in [6.07, 6.45) is 1.62. The predicted molar refractivity (Wildman–Crippen MR) is 135 cm³/mol. The molecule has 3 aromatic carbocycles. The van der Waals surface area contributed by atoms with E-state index in [0.717, 1.165) is 56.7 Å². The highest BCUT2D eigenvalue weighted by Gasteiger charge is 2.17. The van der Waals surface area contributed by atoms with Gasteiger partial charge in [-0.3, -0.25) is 4.90 Å². The second kappa shape index (κ2) is 11.5. The Morgan fingerprint density at radius 1 is 0.818 bits per heavy atom. The highest BCUT2D eigenvalue weighted by Crippen LogP contribution is 2.22. The highest BCUT2D eigenvalue weighted by atomic mass is 16.6. The van der Waals surface area contributed by atoms with E-state index in [0.29, 0.717) is 12.3 Å². The van der Waals surface area contributed by atoms with E-state index in [1.807, 2.05) is 42.5 Å². The van der Waals surface area contributed by atoms with Gasteiger partial charge in [-0.2, -0.15) is 0 Å². The molecule has 5 heteroatoms. The number of carbonyl (C=O) groups is 1. The third-order valence-electron chi connectivity index (χ3n) is 6.17. The van der Waals surface area contributed by atoms with Crippen molar-refractivity contribution >= 4 is 11.8 Å². The number of hydrogen-bond donors (Lipinski definition) is 1. The maximum Gasteiger partial charge on any atom is 0.412 e. The van der Waals surface area contributed by atoms with E-state index in [-0.39, 0.29) is 0 Å². The lowest BCUT2D eigenvalue weighted by atomic mass is 10.1. The number of carbonyl (C=O) groups excluding carboxylic acids is 1. The van der Waals surface area contributed by atoms with Gasteiger partial charge >= 0.3 is 6.09 Å². The number of anilines is 1. The molecule has 1 saturated heterocycles. The van der Waals surface area contributed by atoms with Gasteiger partial charge in [0, 0.05) is 38.4 Å². The van der Waals surface area contributed by atoms with Crippen molar-refractivity contribution in [3.63, 3.8) is 0 Å². The van der Waals surface area contributed by atoms with Crippen molar-refractivity contribution in [3.05, 3.63) is 84.4 Å². The maximum atomic E-state index is 12.1. The molecule has 0 aromatic heterocycles. The Hall–Kier alpha value is -3.31. The molecule has 1 aliphatic heterocycles. The fraction of sp³-hybridized carbons (Fsp3) is 0.321. The number of hydrogen-bond acceptors (Lipinski definition) is 4. The van der Waals surface area contributed by atoms with Crippen LogP contribution in [0.1, 0.15) is 18.4 Å². The fourth-order valence-electron chi connectivity index (χ4n) is 4.27. The smallest absolute Gasteiger partial charge is 0.410 e. The number of rotatable bonds is 8. The summed E-state index contributed by atoms with van der Waals surface area (Å²) in [5.74, 6) is 0.554. The number of aryl methyl sites for hydroxylation is 1. The van der Waals surface area contributed by atoms with Gasteiger partial charge in [0.2, 0.25) is 0 Å². The van der Waals surface area contributed by atoms with Crippen LogP contribution in [-0.4, -0.2) is 50.3 Å². The average Bonchev–Trinajstić information content (AvgIpc) is 2.86. The summed E-state index contributed by atoms with van der Waals surface area (Å²) in [4.78, 5) is 17.1. The van der Waals surface area contributed by atoms with Crippen molar-refractivity contribution in [3.8, 4) is 16.9 Å². The van der Waals surface area contributed by atoms with Crippen LogP contribution in [0, 0.1) is 6.92 Å². The van der Waals surface area contributed by atoms with Crippen LogP contribution in [0.4, 0.5) is 10.5 Å². The summed E-state index contributed by atoms with van der Waals surface area (Å²) in [5, 5.41) is 2.86. The molecule has 0 saturated carbocycles. The summed E-state index contributed by atoms with van der Waals surface area (Å²) in [6, 6.07) is 26.4. The first-order valence-electron chi connectivity index (χ1n) is 11.8. The molecule has 0 unspecified atom stereocenters. The number of para-hydroxylation sites is 1. The van der Waals surface area contributed by atoms with Crippen LogP contribution >= 0.6 is 0 Å². The van der Waals surface area contributed by atoms with E-state index < -0.39 is 6.09 Å². The van der Waals surface area contributed by atoms with Crippen molar-refractivity contribution in [2.75, 3.05) is 44.2 Å². The monoisotopic (exact) mass is 443 g/mol. The number of amides is 1. The topological polar surface area (TPSA) is 44.8 Å². The SMILES string of the molecule is Cc1ccccc1N1CCN(CCCCNC(=O)Oc2ccc(-c3ccccc3)cc2)CC1. The molecule has 172 valence electrons. The largest absolute Gasteiger partial charge is 0.412 e. The van der Waals surface area contributed by atoms with Crippen LogP contribution in [0.25, 0.3) is 11.1 Å². The lowest BCUT2D eigenvalue weighted by Crippen LogP contribution is -2.46. The van der Waals surface area contributed by atoms with Gasteiger partial charge < -0.3 is 15.0 Å². The van der Waals surface area contributed by atoms with E-state index in [4.69, 9.17) is 4.74 Å². The van der Waals surface area contributed by atoms with Gasteiger partial charge in [-0.15, -0.1) is 0 Å². The number of benzene rings is 3. The Morgan fingerprint density at radius 3 is 2.21 bits per heavy atom. The number of nitrogens with one attached hydrogen (secondary N) is 1. The zero-order valence-electron chi connectivity index (χ0n) is 19.4. The van der Waals surface area contributed by atoms with Crippen LogP contribution in [0.15, 0.2) is 78.9 Å². The van der Waals surface area contributed by atoms with Crippen LogP contribution in [0.2, 0.25) is 0 Å². The molecular weight excluding hydrogens is 410 g/mol. The number of nitrogens with zero attached hydrogens (tertiary/aromatic N) is 2. The van der Waals surface area contributed by atoms with Crippen molar-refractivity contribution in [2.45, 2.75) is 19.8 Å². The Balaban J connectivity index is 1.10. The molecule has 4 rings (SSSR count). The first-order chi connectivity index (χ1) is 16.2. The van der Waals surface area contributed by atoms with Gasteiger partial charge in [0.1, 0.15) is 5.75 Å². The number of piperazine rings is 1. The molecule has 0 aliphatic carbocycles. The summed E-state index contributed by atoms with van der Waals surface area (Å²) < 4.78 is 5.40. The van der Waals surface area contributed by atoms with E-state index >= 15 is 0 Å². The third-order valence-corrected chi connectivity index (χ3v) is 6.17. The summed E-state index contributed by atoms with van der Waals surface area (Å²) >= 11 is 0. The molecule has 0 spiro atoms. The molecule has 1 aliphatic rings. The Morgan fingerprint density at radius 2 is 1.48 bits per heavy atom. The minimum atomic E-state index is -0.394. The molecule has 33 heavy (non-hydrogen) atoms. The molecule has 0 atom stereocenters. The lowest BCUT2D eigenvalue weighted by molar-refractivity contribution is 0.199. The van der Waals surface area contributed by atoms with Crippen LogP contribution in [-0.2, 0) is 0 Å². The van der Waals surface area contributed by atoms with Gasteiger partial charge in [0.15, 0.2) is 0 Å². The van der Waals surface area contributed by atoms with Crippen molar-refractivity contribution < 1.29 is 9.53 Å². The molecule has 5 nitrogen and oxygen atoms in total. The number of unbranched alkanes of at least 4 members (excludes halogenated alkanes) is 1. The molecule has 1 fully saturated rings. The normalized spacial score (nSPS) is 14.2. The summed E-state index contributed by atoms with van der Waals surface area (Å²) in [5.41, 5.74) is 4.94. The van der Waals surface area contributed by atoms with Gasteiger partial charge in [-0.1, -0.05) is 60.7 Å². The maximum absolute atomic E-state index is 12.1. The number of ether oxygens (including phenoxy) is 1. The van der Waals surface area contributed by atoms with Gasteiger partial charge in [-0.05, 0) is 61.2 Å². The minimum Gasteiger partial charge on any atom is -0.410 e. The molecule has 0 radical (unpaired) electrons. The minimum absolute atomic E-state index is 0.394. The standard InChI is InChI=1S/C28H33N3O2/c1-23-9-5-6-12-27(23)31-21-19-30(20-22-31)18-8-7-17-29-28(32)33-26-15-13-25(14-16-26)24-10-3-2-4-11-24/h2-6,9-16H,7-8,17-22H2,1H3,(H,29,32). The fourth-order valence-corrected chi connectivity index (χ4v) is 4.27. The second-order valence-corrected chi connectivity index (χ2v) is 8.53. The zero-order chi connectivity index (χ0) is 22.9. The van der Waals surface area contributed by atoms with E-state index in [2.05, 4.69) is 58.4 Å². The summed E-state index contributed by atoms with van der Waals surface area (Å²) in [6.45, 7) is 8.19. The zero-order valence-corrected chi connectivity index (χ0v) is 19.4. The van der Waals surface area contributed by atoms with Gasteiger partial charge in [0.05, 0.1) is 0 Å². The Kier molecular flexibility index (Phi) is 7.99. The first-order valence-corrected chi connectivity index (χ1v) is 11.8. The molecule has 1 heterocycles. The molecule has 1 N–H and O–H groups in total. The first kappa shape index (κ1) is 22.9. The predicted octanol–water partition coefficient (Wildman–Crippen LogP) is 5.35. The van der Waals surface area contributed by atoms with Crippen molar-refractivity contribution in [1.29, 1.82) is 0 Å². The lowest BCUT2D eigenvalue weighted by Gasteiger charge is -2.36. The van der Waals surface area contributed by atoms with E-state index in [9.17, 15) is 4.79 Å². The second-order valence-electron chi connectivity index (χ2n) is 8.53. The molecular formula is C28H33N3O2. The van der Waals surface area contributed by atoms with Gasteiger partial charge in [-0.25, -0.2) is 4.79 Å².